The first-order valence-electron chi connectivity index (χ1n) is 7.98. The Balaban J connectivity index is 1.97. The van der Waals surface area contributed by atoms with Crippen LogP contribution in [0.4, 0.5) is 5.69 Å². The number of sulfonamides is 1. The zero-order valence-electron chi connectivity index (χ0n) is 14.5. The number of halogens is 1. The molecule has 1 aliphatic rings. The van der Waals surface area contributed by atoms with Crippen molar-refractivity contribution in [3.8, 4) is 0 Å². The van der Waals surface area contributed by atoms with E-state index >= 15 is 0 Å². The maximum Gasteiger partial charge on any atom is 0.309 e. The van der Waals surface area contributed by atoms with Crippen molar-refractivity contribution in [2.75, 3.05) is 39.2 Å². The lowest BCUT2D eigenvalue weighted by Crippen LogP contribution is -2.28. The summed E-state index contributed by atoms with van der Waals surface area (Å²) in [5, 5.41) is 2.54. The van der Waals surface area contributed by atoms with E-state index in [1.165, 1.54) is 32.3 Å². The van der Waals surface area contributed by atoms with Gasteiger partial charge in [-0.1, -0.05) is 11.6 Å². The number of nitrogens with zero attached hydrogens (tertiary/aromatic N) is 1. The van der Waals surface area contributed by atoms with Crippen LogP contribution >= 0.6 is 11.6 Å². The van der Waals surface area contributed by atoms with E-state index in [4.69, 9.17) is 21.1 Å². The van der Waals surface area contributed by atoms with Crippen molar-refractivity contribution in [2.45, 2.75) is 17.7 Å². The molecule has 1 N–H and O–H groups in total. The summed E-state index contributed by atoms with van der Waals surface area (Å²) in [6, 6.07) is 4.10. The molecule has 26 heavy (non-hydrogen) atoms. The second-order valence-corrected chi connectivity index (χ2v) is 8.50. The fourth-order valence-electron chi connectivity index (χ4n) is 2.36. The Hall–Kier alpha value is -1.68. The lowest BCUT2D eigenvalue weighted by molar-refractivity contribution is -0.154. The van der Waals surface area contributed by atoms with Gasteiger partial charge in [-0.2, -0.15) is 0 Å². The van der Waals surface area contributed by atoms with Gasteiger partial charge in [0, 0.05) is 33.0 Å². The first-order chi connectivity index (χ1) is 12.2. The van der Waals surface area contributed by atoms with Gasteiger partial charge in [0.05, 0.1) is 10.9 Å². The molecule has 144 valence electrons. The fraction of sp³-hybridized carbons (Fsp3) is 0.500. The molecule has 0 radical (unpaired) electrons. The molecule has 0 aromatic heterocycles. The minimum absolute atomic E-state index is 0.0441. The van der Waals surface area contributed by atoms with Crippen molar-refractivity contribution in [1.29, 1.82) is 0 Å². The summed E-state index contributed by atoms with van der Waals surface area (Å²) in [4.78, 5) is 23.7. The number of nitrogens with one attached hydrogen (secondary N) is 1. The molecule has 2 rings (SSSR count). The molecule has 1 fully saturated rings. The molecule has 1 aliphatic heterocycles. The highest BCUT2D eigenvalue weighted by atomic mass is 35.5. The third kappa shape index (κ3) is 5.16. The molecule has 0 saturated carbocycles. The topological polar surface area (TPSA) is 102 Å². The summed E-state index contributed by atoms with van der Waals surface area (Å²) in [7, 11) is -0.990. The third-order valence-corrected chi connectivity index (χ3v) is 6.17. The van der Waals surface area contributed by atoms with Gasteiger partial charge in [-0.15, -0.1) is 0 Å². The third-order valence-electron chi connectivity index (χ3n) is 3.87. The number of amides is 1. The summed E-state index contributed by atoms with van der Waals surface area (Å²) >= 11 is 5.95. The largest absolute Gasteiger partial charge is 0.455 e. The molecule has 1 saturated heterocycles. The minimum Gasteiger partial charge on any atom is -0.455 e. The lowest BCUT2D eigenvalue weighted by atomic mass is 10.0. The first kappa shape index (κ1) is 20.6. The summed E-state index contributed by atoms with van der Waals surface area (Å²) in [6.45, 7) is 0.550. The number of ether oxygens (including phenoxy) is 2. The van der Waals surface area contributed by atoms with Gasteiger partial charge in [-0.3, -0.25) is 9.59 Å². The number of benzene rings is 1. The van der Waals surface area contributed by atoms with Crippen molar-refractivity contribution in [1.82, 2.24) is 4.31 Å². The zero-order valence-corrected chi connectivity index (χ0v) is 16.1. The van der Waals surface area contributed by atoms with Gasteiger partial charge in [-0.25, -0.2) is 12.7 Å². The second-order valence-electron chi connectivity index (χ2n) is 5.98. The van der Waals surface area contributed by atoms with Gasteiger partial charge < -0.3 is 14.8 Å². The Labute approximate surface area is 157 Å². The highest BCUT2D eigenvalue weighted by Gasteiger charge is 2.24. The Kier molecular flexibility index (Phi) is 6.99. The molecule has 0 aliphatic carbocycles. The van der Waals surface area contributed by atoms with Crippen LogP contribution in [0.2, 0.25) is 5.02 Å². The Morgan fingerprint density at radius 1 is 1.31 bits per heavy atom. The maximum atomic E-state index is 12.2. The van der Waals surface area contributed by atoms with Crippen molar-refractivity contribution in [3.63, 3.8) is 0 Å². The predicted octanol–water partition coefficient (Wildman–Crippen LogP) is 1.50. The minimum atomic E-state index is -3.75. The Morgan fingerprint density at radius 2 is 1.96 bits per heavy atom. The van der Waals surface area contributed by atoms with Crippen molar-refractivity contribution in [2.24, 2.45) is 5.92 Å². The smallest absolute Gasteiger partial charge is 0.309 e. The number of hydrogen-bond acceptors (Lipinski definition) is 6. The van der Waals surface area contributed by atoms with Crippen LogP contribution in [0, 0.1) is 5.92 Å². The number of carbonyl (C=O) groups excluding carboxylic acids is 2. The molecule has 1 amide bonds. The molecule has 0 spiro atoms. The highest BCUT2D eigenvalue weighted by Crippen LogP contribution is 2.26. The molecule has 8 nitrogen and oxygen atoms in total. The molecule has 1 heterocycles. The van der Waals surface area contributed by atoms with Crippen LogP contribution in [0.15, 0.2) is 23.1 Å². The highest BCUT2D eigenvalue weighted by molar-refractivity contribution is 7.89. The summed E-state index contributed by atoms with van der Waals surface area (Å²) < 4.78 is 35.7. The van der Waals surface area contributed by atoms with E-state index in [2.05, 4.69) is 5.32 Å². The van der Waals surface area contributed by atoms with E-state index in [0.29, 0.717) is 26.1 Å². The fourth-order valence-corrected chi connectivity index (χ4v) is 3.75. The monoisotopic (exact) mass is 404 g/mol. The molecule has 0 atom stereocenters. The molecule has 10 heteroatoms. The quantitative estimate of drug-likeness (QED) is 0.721. The first-order valence-corrected chi connectivity index (χ1v) is 9.80. The normalized spacial score (nSPS) is 15.7. The molecule has 1 aromatic rings. The van der Waals surface area contributed by atoms with Gasteiger partial charge in [0.1, 0.15) is 4.90 Å². The summed E-state index contributed by atoms with van der Waals surface area (Å²) in [5.41, 5.74) is 0.238. The van der Waals surface area contributed by atoms with Crippen LogP contribution in [0.3, 0.4) is 0 Å². The van der Waals surface area contributed by atoms with Crippen LogP contribution in [0.5, 0.6) is 0 Å². The van der Waals surface area contributed by atoms with E-state index in [-0.39, 0.29) is 21.5 Å². The van der Waals surface area contributed by atoms with Gasteiger partial charge in [-0.05, 0) is 31.0 Å². The zero-order chi connectivity index (χ0) is 19.3. The van der Waals surface area contributed by atoms with Gasteiger partial charge in [0.15, 0.2) is 6.61 Å². The van der Waals surface area contributed by atoms with Crippen molar-refractivity contribution >= 4 is 39.2 Å². The number of rotatable bonds is 6. The van der Waals surface area contributed by atoms with E-state index < -0.39 is 28.5 Å². The van der Waals surface area contributed by atoms with Crippen LogP contribution in [-0.2, 0) is 29.1 Å². The lowest BCUT2D eigenvalue weighted by Gasteiger charge is -2.20. The van der Waals surface area contributed by atoms with Crippen LogP contribution in [0.25, 0.3) is 0 Å². The Morgan fingerprint density at radius 3 is 2.58 bits per heavy atom. The number of hydrogen-bond donors (Lipinski definition) is 1. The second kappa shape index (κ2) is 8.81. The van der Waals surface area contributed by atoms with E-state index in [0.717, 1.165) is 4.31 Å². The van der Waals surface area contributed by atoms with Gasteiger partial charge in [0.2, 0.25) is 10.0 Å². The average molecular weight is 405 g/mol. The van der Waals surface area contributed by atoms with Crippen LogP contribution in [-0.4, -0.2) is 58.5 Å². The standard InChI is InChI=1S/C16H21ClN2O6S/c1-19(2)26(22,23)14-9-12(3-4-13(14)17)18-15(20)10-25-16(21)11-5-7-24-8-6-11/h3-4,9,11H,5-8,10H2,1-2H3,(H,18,20). The summed E-state index contributed by atoms with van der Waals surface area (Å²) in [5.74, 6) is -1.26. The predicted molar refractivity (Wildman–Crippen MR) is 95.5 cm³/mol. The van der Waals surface area contributed by atoms with Gasteiger partial charge in [0.25, 0.3) is 5.91 Å². The molecule has 1 aromatic carbocycles. The van der Waals surface area contributed by atoms with E-state index in [1.54, 1.807) is 0 Å². The van der Waals surface area contributed by atoms with Gasteiger partial charge >= 0.3 is 5.97 Å². The maximum absolute atomic E-state index is 12.2. The molecule has 0 unspecified atom stereocenters. The number of carbonyl (C=O) groups is 2. The van der Waals surface area contributed by atoms with Crippen LogP contribution in [0.1, 0.15) is 12.8 Å². The van der Waals surface area contributed by atoms with Crippen LogP contribution < -0.4 is 5.32 Å². The molecular formula is C16H21ClN2O6S. The van der Waals surface area contributed by atoms with E-state index in [9.17, 15) is 18.0 Å². The molecular weight excluding hydrogens is 384 g/mol. The molecule has 0 bridgehead atoms. The Bertz CT molecular complexity index is 775. The van der Waals surface area contributed by atoms with Crippen molar-refractivity contribution < 1.29 is 27.5 Å². The number of anilines is 1. The van der Waals surface area contributed by atoms with E-state index in [1.807, 2.05) is 0 Å². The average Bonchev–Trinajstić information content (AvgIpc) is 2.61. The summed E-state index contributed by atoms with van der Waals surface area (Å²) in [6.07, 6.45) is 1.15. The number of esters is 1. The van der Waals surface area contributed by atoms with Crippen molar-refractivity contribution in [3.05, 3.63) is 23.2 Å². The SMILES string of the molecule is CN(C)S(=O)(=O)c1cc(NC(=O)COC(=O)C2CCOCC2)ccc1Cl.